The Balaban J connectivity index is 1.91. The number of hydrogen-bond donors (Lipinski definition) is 1. The molecule has 0 aliphatic carbocycles. The van der Waals surface area contributed by atoms with Crippen molar-refractivity contribution < 1.29 is 0 Å². The lowest BCUT2D eigenvalue weighted by atomic mass is 9.90. The lowest BCUT2D eigenvalue weighted by molar-refractivity contribution is 0.274. The summed E-state index contributed by atoms with van der Waals surface area (Å²) in [4.78, 5) is 2.48. The Labute approximate surface area is 97.4 Å². The monoisotopic (exact) mass is 222 g/mol. The molecule has 1 atom stereocenters. The van der Waals surface area contributed by atoms with E-state index in [4.69, 9.17) is 5.73 Å². The second-order valence-electron chi connectivity index (χ2n) is 5.18. The summed E-state index contributed by atoms with van der Waals surface area (Å²) >= 11 is 0. The fourth-order valence-electron chi connectivity index (χ4n) is 2.35. The van der Waals surface area contributed by atoms with Gasteiger partial charge in [-0.1, -0.05) is 6.92 Å². The maximum atomic E-state index is 5.81. The molecule has 1 unspecified atom stereocenters. The van der Waals surface area contributed by atoms with Crippen LogP contribution in [0, 0.1) is 5.41 Å². The molecule has 1 aliphatic heterocycles. The van der Waals surface area contributed by atoms with Gasteiger partial charge in [0.05, 0.1) is 6.20 Å². The Kier molecular flexibility index (Phi) is 3.30. The topological polar surface area (TPSA) is 47.1 Å². The Morgan fingerprint density at radius 1 is 1.56 bits per heavy atom. The van der Waals surface area contributed by atoms with Crippen molar-refractivity contribution in [1.82, 2.24) is 14.7 Å². The standard InChI is InChI=1S/C12H22N4/c1-3-16-8-11(6-14-16)7-15-5-4-12(2,9-13)10-15/h6,8H,3-5,7,9-10,13H2,1-2H3. The van der Waals surface area contributed by atoms with E-state index in [-0.39, 0.29) is 0 Å². The molecule has 4 nitrogen and oxygen atoms in total. The molecule has 0 aromatic carbocycles. The van der Waals surface area contributed by atoms with Gasteiger partial charge in [-0.05, 0) is 31.8 Å². The number of likely N-dealkylation sites (tertiary alicyclic amines) is 1. The Bertz CT molecular complexity index is 347. The zero-order valence-electron chi connectivity index (χ0n) is 10.3. The first-order chi connectivity index (χ1) is 7.65. The first kappa shape index (κ1) is 11.6. The summed E-state index contributed by atoms with van der Waals surface area (Å²) in [5.74, 6) is 0. The molecule has 4 heteroatoms. The van der Waals surface area contributed by atoms with Gasteiger partial charge in [0.25, 0.3) is 0 Å². The maximum absolute atomic E-state index is 5.81. The van der Waals surface area contributed by atoms with E-state index in [1.165, 1.54) is 12.0 Å². The van der Waals surface area contributed by atoms with Crippen molar-refractivity contribution in [3.63, 3.8) is 0 Å². The van der Waals surface area contributed by atoms with Crippen LogP contribution in [-0.2, 0) is 13.1 Å². The zero-order chi connectivity index (χ0) is 11.6. The third-order valence-electron chi connectivity index (χ3n) is 3.55. The van der Waals surface area contributed by atoms with E-state index in [0.717, 1.165) is 32.7 Å². The molecule has 90 valence electrons. The maximum Gasteiger partial charge on any atom is 0.0534 e. The van der Waals surface area contributed by atoms with Crippen LogP contribution in [0.2, 0.25) is 0 Å². The van der Waals surface area contributed by atoms with Crippen LogP contribution in [-0.4, -0.2) is 34.3 Å². The molecule has 2 rings (SSSR count). The molecule has 16 heavy (non-hydrogen) atoms. The highest BCUT2D eigenvalue weighted by atomic mass is 15.3. The smallest absolute Gasteiger partial charge is 0.0534 e. The second kappa shape index (κ2) is 4.55. The fraction of sp³-hybridized carbons (Fsp3) is 0.750. The minimum Gasteiger partial charge on any atom is -0.330 e. The highest BCUT2D eigenvalue weighted by Gasteiger charge is 2.32. The van der Waals surface area contributed by atoms with Gasteiger partial charge in [0, 0.05) is 31.4 Å². The van der Waals surface area contributed by atoms with Gasteiger partial charge >= 0.3 is 0 Å². The molecule has 1 saturated heterocycles. The first-order valence-corrected chi connectivity index (χ1v) is 6.09. The van der Waals surface area contributed by atoms with Crippen LogP contribution in [0.25, 0.3) is 0 Å². The summed E-state index contributed by atoms with van der Waals surface area (Å²) < 4.78 is 1.98. The summed E-state index contributed by atoms with van der Waals surface area (Å²) in [6.07, 6.45) is 5.32. The fourth-order valence-corrected chi connectivity index (χ4v) is 2.35. The van der Waals surface area contributed by atoms with Crippen molar-refractivity contribution in [2.45, 2.75) is 33.4 Å². The van der Waals surface area contributed by atoms with Gasteiger partial charge in [0.2, 0.25) is 0 Å². The quantitative estimate of drug-likeness (QED) is 0.829. The van der Waals surface area contributed by atoms with Crippen LogP contribution >= 0.6 is 0 Å². The summed E-state index contributed by atoms with van der Waals surface area (Å²) in [5, 5.41) is 4.30. The van der Waals surface area contributed by atoms with E-state index >= 15 is 0 Å². The SMILES string of the molecule is CCn1cc(CN2CCC(C)(CN)C2)cn1. The van der Waals surface area contributed by atoms with Gasteiger partial charge in [0.15, 0.2) is 0 Å². The molecule has 0 bridgehead atoms. The molecular weight excluding hydrogens is 200 g/mol. The van der Waals surface area contributed by atoms with E-state index in [2.05, 4.69) is 30.0 Å². The molecule has 0 spiro atoms. The summed E-state index contributed by atoms with van der Waals surface area (Å²) in [6.45, 7) is 9.40. The van der Waals surface area contributed by atoms with Crippen molar-refractivity contribution in [3.8, 4) is 0 Å². The predicted octanol–water partition coefficient (Wildman–Crippen LogP) is 1.07. The van der Waals surface area contributed by atoms with Crippen molar-refractivity contribution >= 4 is 0 Å². The minimum absolute atomic E-state index is 0.320. The van der Waals surface area contributed by atoms with Gasteiger partial charge in [-0.2, -0.15) is 5.10 Å². The van der Waals surface area contributed by atoms with Crippen LogP contribution in [0.1, 0.15) is 25.8 Å². The van der Waals surface area contributed by atoms with Gasteiger partial charge in [0.1, 0.15) is 0 Å². The Morgan fingerprint density at radius 2 is 2.38 bits per heavy atom. The Morgan fingerprint density at radius 3 is 2.94 bits per heavy atom. The number of rotatable bonds is 4. The van der Waals surface area contributed by atoms with Crippen molar-refractivity contribution in [2.75, 3.05) is 19.6 Å². The molecule has 2 N–H and O–H groups in total. The molecule has 1 aromatic heterocycles. The molecule has 0 saturated carbocycles. The zero-order valence-corrected chi connectivity index (χ0v) is 10.3. The molecule has 1 aliphatic rings. The van der Waals surface area contributed by atoms with Crippen molar-refractivity contribution in [3.05, 3.63) is 18.0 Å². The average Bonchev–Trinajstić information content (AvgIpc) is 2.87. The summed E-state index contributed by atoms with van der Waals surface area (Å²) in [5.41, 5.74) is 7.43. The van der Waals surface area contributed by atoms with Crippen LogP contribution < -0.4 is 5.73 Å². The number of nitrogens with two attached hydrogens (primary N) is 1. The van der Waals surface area contributed by atoms with E-state index in [1.807, 2.05) is 10.9 Å². The third kappa shape index (κ3) is 2.44. The summed E-state index contributed by atoms with van der Waals surface area (Å²) in [6, 6.07) is 0. The predicted molar refractivity (Wildman–Crippen MR) is 65.0 cm³/mol. The van der Waals surface area contributed by atoms with E-state index in [1.54, 1.807) is 0 Å². The number of hydrogen-bond acceptors (Lipinski definition) is 3. The number of nitrogens with zero attached hydrogens (tertiary/aromatic N) is 3. The Hall–Kier alpha value is -0.870. The molecular formula is C12H22N4. The highest BCUT2D eigenvalue weighted by Crippen LogP contribution is 2.29. The molecule has 1 fully saturated rings. The normalized spacial score (nSPS) is 26.4. The number of aromatic nitrogens is 2. The molecule has 0 amide bonds. The van der Waals surface area contributed by atoms with Crippen LogP contribution in [0.4, 0.5) is 0 Å². The van der Waals surface area contributed by atoms with E-state index in [0.29, 0.717) is 5.41 Å². The van der Waals surface area contributed by atoms with Gasteiger partial charge < -0.3 is 5.73 Å². The lowest BCUT2D eigenvalue weighted by Gasteiger charge is -2.22. The molecule has 2 heterocycles. The minimum atomic E-state index is 0.320. The van der Waals surface area contributed by atoms with Crippen molar-refractivity contribution in [2.24, 2.45) is 11.1 Å². The highest BCUT2D eigenvalue weighted by molar-refractivity contribution is 5.04. The third-order valence-corrected chi connectivity index (χ3v) is 3.55. The molecule has 1 aromatic rings. The largest absolute Gasteiger partial charge is 0.330 e. The van der Waals surface area contributed by atoms with Crippen molar-refractivity contribution in [1.29, 1.82) is 0 Å². The lowest BCUT2D eigenvalue weighted by Crippen LogP contribution is -2.31. The van der Waals surface area contributed by atoms with Crippen LogP contribution in [0.5, 0.6) is 0 Å². The van der Waals surface area contributed by atoms with Gasteiger partial charge in [-0.15, -0.1) is 0 Å². The van der Waals surface area contributed by atoms with Gasteiger partial charge in [-0.3, -0.25) is 9.58 Å². The number of aryl methyl sites for hydroxylation is 1. The van der Waals surface area contributed by atoms with Gasteiger partial charge in [-0.25, -0.2) is 0 Å². The molecule has 0 radical (unpaired) electrons. The van der Waals surface area contributed by atoms with E-state index in [9.17, 15) is 0 Å². The second-order valence-corrected chi connectivity index (χ2v) is 5.18. The van der Waals surface area contributed by atoms with Crippen LogP contribution in [0.3, 0.4) is 0 Å². The van der Waals surface area contributed by atoms with Crippen LogP contribution in [0.15, 0.2) is 12.4 Å². The average molecular weight is 222 g/mol. The van der Waals surface area contributed by atoms with E-state index < -0.39 is 0 Å². The first-order valence-electron chi connectivity index (χ1n) is 6.09. The summed E-state index contributed by atoms with van der Waals surface area (Å²) in [7, 11) is 0.